The van der Waals surface area contributed by atoms with E-state index in [9.17, 15) is 4.79 Å². The molecule has 0 aliphatic carbocycles. The second-order valence-electron chi connectivity index (χ2n) is 7.29. The molecule has 0 saturated heterocycles. The lowest BCUT2D eigenvalue weighted by atomic mass is 9.94. The highest BCUT2D eigenvalue weighted by molar-refractivity contribution is 5.66. The number of ether oxygens (including phenoxy) is 2. The van der Waals surface area contributed by atoms with Crippen LogP contribution >= 0.6 is 0 Å². The van der Waals surface area contributed by atoms with Crippen LogP contribution in [0.2, 0.25) is 0 Å². The summed E-state index contributed by atoms with van der Waals surface area (Å²) < 4.78 is 11.5. The molecule has 0 unspecified atom stereocenters. The SMILES string of the molecule is CC(C)c1cccc(C(C)C)c1OC(=O)OCC[N+](C)(C)C.[I-]. The van der Waals surface area contributed by atoms with Gasteiger partial charge in [0.2, 0.25) is 0 Å². The van der Waals surface area contributed by atoms with Gasteiger partial charge in [-0.1, -0.05) is 45.9 Å². The summed E-state index contributed by atoms with van der Waals surface area (Å²) >= 11 is 0. The van der Waals surface area contributed by atoms with Gasteiger partial charge in [-0.15, -0.1) is 0 Å². The molecule has 0 fully saturated rings. The molecule has 0 saturated carbocycles. The van der Waals surface area contributed by atoms with Gasteiger partial charge in [-0.2, -0.15) is 0 Å². The summed E-state index contributed by atoms with van der Waals surface area (Å²) in [5.41, 5.74) is 2.07. The van der Waals surface area contributed by atoms with E-state index in [2.05, 4.69) is 48.8 Å². The Balaban J connectivity index is 0.00000484. The third-order valence-corrected chi connectivity index (χ3v) is 3.49. The number of benzene rings is 1. The lowest BCUT2D eigenvalue weighted by Gasteiger charge is -2.23. The topological polar surface area (TPSA) is 35.5 Å². The predicted octanol–water partition coefficient (Wildman–Crippen LogP) is 1.16. The molecule has 5 heteroatoms. The van der Waals surface area contributed by atoms with E-state index in [4.69, 9.17) is 9.47 Å². The van der Waals surface area contributed by atoms with Crippen LogP contribution in [0.15, 0.2) is 18.2 Å². The van der Waals surface area contributed by atoms with E-state index in [-0.39, 0.29) is 35.8 Å². The van der Waals surface area contributed by atoms with Crippen molar-refractivity contribution < 1.29 is 42.7 Å². The molecule has 1 aromatic rings. The fourth-order valence-corrected chi connectivity index (χ4v) is 2.12. The largest absolute Gasteiger partial charge is 1.00 e. The molecule has 0 bridgehead atoms. The van der Waals surface area contributed by atoms with E-state index in [0.717, 1.165) is 22.2 Å². The van der Waals surface area contributed by atoms with E-state index in [1.54, 1.807) is 0 Å². The molecule has 0 aliphatic rings. The number of rotatable bonds is 6. The van der Waals surface area contributed by atoms with E-state index in [1.165, 1.54) is 0 Å². The summed E-state index contributed by atoms with van der Waals surface area (Å²) in [4.78, 5) is 12.0. The van der Waals surface area contributed by atoms with Gasteiger partial charge in [0.25, 0.3) is 0 Å². The maximum Gasteiger partial charge on any atom is 0.514 e. The van der Waals surface area contributed by atoms with Crippen LogP contribution in [-0.2, 0) is 4.74 Å². The fraction of sp³-hybridized carbons (Fsp3) is 0.611. The van der Waals surface area contributed by atoms with Crippen molar-refractivity contribution in [3.8, 4) is 5.75 Å². The Morgan fingerprint density at radius 2 is 1.52 bits per heavy atom. The summed E-state index contributed by atoms with van der Waals surface area (Å²) in [6.07, 6.45) is -0.622. The Kier molecular flexibility index (Phi) is 9.13. The molecular formula is C18H30INO3. The van der Waals surface area contributed by atoms with Gasteiger partial charge in [-0.05, 0) is 23.0 Å². The van der Waals surface area contributed by atoms with Crippen LogP contribution in [-0.4, -0.2) is 44.9 Å². The van der Waals surface area contributed by atoms with Crippen LogP contribution in [0.4, 0.5) is 4.79 Å². The molecule has 0 aromatic heterocycles. The monoisotopic (exact) mass is 435 g/mol. The second kappa shape index (κ2) is 9.47. The van der Waals surface area contributed by atoms with E-state index >= 15 is 0 Å². The van der Waals surface area contributed by atoms with Crippen LogP contribution in [0.1, 0.15) is 50.7 Å². The molecule has 0 N–H and O–H groups in total. The van der Waals surface area contributed by atoms with Gasteiger partial charge in [0.05, 0.1) is 21.1 Å². The number of carbonyl (C=O) groups excluding carboxylic acids is 1. The average Bonchev–Trinajstić information content (AvgIpc) is 2.36. The van der Waals surface area contributed by atoms with Gasteiger partial charge in [0.1, 0.15) is 18.9 Å². The molecule has 1 aromatic carbocycles. The van der Waals surface area contributed by atoms with Crippen molar-refractivity contribution >= 4 is 6.16 Å². The van der Waals surface area contributed by atoms with Crippen LogP contribution in [0.3, 0.4) is 0 Å². The van der Waals surface area contributed by atoms with Gasteiger partial charge in [0, 0.05) is 0 Å². The Bertz CT molecular complexity index is 481. The first-order valence-corrected chi connectivity index (χ1v) is 7.89. The van der Waals surface area contributed by atoms with Crippen LogP contribution in [0.5, 0.6) is 5.75 Å². The number of halogens is 1. The third kappa shape index (κ3) is 7.52. The number of para-hydroxylation sites is 1. The first kappa shape index (κ1) is 22.2. The zero-order valence-electron chi connectivity index (χ0n) is 15.4. The molecule has 23 heavy (non-hydrogen) atoms. The molecule has 4 nitrogen and oxygen atoms in total. The summed E-state index contributed by atoms with van der Waals surface area (Å²) in [6.45, 7) is 9.47. The standard InChI is InChI=1S/C18H30NO3.HI/c1-13(2)15-9-8-10-16(14(3)4)17(15)22-18(20)21-12-11-19(5,6)7;/h8-10,13-14H,11-12H2,1-7H3;1H/q+1;/p-1. The number of carbonyl (C=O) groups is 1. The van der Waals surface area contributed by atoms with Crippen molar-refractivity contribution in [2.24, 2.45) is 0 Å². The summed E-state index contributed by atoms with van der Waals surface area (Å²) in [5, 5.41) is 0. The highest BCUT2D eigenvalue weighted by Gasteiger charge is 2.19. The molecule has 0 amide bonds. The number of quaternary nitrogens is 1. The first-order chi connectivity index (χ1) is 10.1. The molecule has 0 heterocycles. The Labute approximate surface area is 157 Å². The predicted molar refractivity (Wildman–Crippen MR) is 89.5 cm³/mol. The number of hydrogen-bond acceptors (Lipinski definition) is 3. The molecule has 132 valence electrons. The zero-order chi connectivity index (χ0) is 16.9. The Hall–Kier alpha value is -0.820. The van der Waals surface area contributed by atoms with Crippen molar-refractivity contribution in [2.45, 2.75) is 39.5 Å². The van der Waals surface area contributed by atoms with Gasteiger partial charge < -0.3 is 37.9 Å². The van der Waals surface area contributed by atoms with Crippen molar-refractivity contribution in [1.82, 2.24) is 0 Å². The molecule has 1 rings (SSSR count). The highest BCUT2D eigenvalue weighted by atomic mass is 127. The maximum absolute atomic E-state index is 12.0. The molecular weight excluding hydrogens is 405 g/mol. The quantitative estimate of drug-likeness (QED) is 0.291. The van der Waals surface area contributed by atoms with E-state index in [0.29, 0.717) is 12.4 Å². The fourth-order valence-electron chi connectivity index (χ4n) is 2.12. The summed E-state index contributed by atoms with van der Waals surface area (Å²) in [5.74, 6) is 1.23. The van der Waals surface area contributed by atoms with Gasteiger partial charge in [-0.25, -0.2) is 4.79 Å². The molecule has 0 aliphatic heterocycles. The number of likely N-dealkylation sites (N-methyl/N-ethyl adjacent to an activating group) is 1. The number of nitrogens with zero attached hydrogens (tertiary/aromatic N) is 1. The maximum atomic E-state index is 12.0. The Morgan fingerprint density at radius 3 is 1.91 bits per heavy atom. The minimum atomic E-state index is -0.622. The average molecular weight is 435 g/mol. The molecule has 0 spiro atoms. The first-order valence-electron chi connectivity index (χ1n) is 7.89. The zero-order valence-corrected chi connectivity index (χ0v) is 17.5. The van der Waals surface area contributed by atoms with Crippen molar-refractivity contribution in [1.29, 1.82) is 0 Å². The second-order valence-corrected chi connectivity index (χ2v) is 7.29. The van der Waals surface area contributed by atoms with Crippen LogP contribution in [0, 0.1) is 0 Å². The molecule has 0 atom stereocenters. The third-order valence-electron chi connectivity index (χ3n) is 3.49. The van der Waals surface area contributed by atoms with Crippen LogP contribution < -0.4 is 28.7 Å². The van der Waals surface area contributed by atoms with Crippen LogP contribution in [0.25, 0.3) is 0 Å². The van der Waals surface area contributed by atoms with Gasteiger partial charge in [0.15, 0.2) is 0 Å². The lowest BCUT2D eigenvalue weighted by Crippen LogP contribution is -3.00. The van der Waals surface area contributed by atoms with Crippen molar-refractivity contribution in [2.75, 3.05) is 34.3 Å². The normalized spacial score (nSPS) is 11.3. The minimum Gasteiger partial charge on any atom is -1.00 e. The van der Waals surface area contributed by atoms with E-state index < -0.39 is 6.16 Å². The summed E-state index contributed by atoms with van der Waals surface area (Å²) in [6, 6.07) is 6.02. The Morgan fingerprint density at radius 1 is 1.04 bits per heavy atom. The van der Waals surface area contributed by atoms with Gasteiger partial charge >= 0.3 is 6.16 Å². The highest BCUT2D eigenvalue weighted by Crippen LogP contribution is 2.34. The van der Waals surface area contributed by atoms with Crippen molar-refractivity contribution in [3.63, 3.8) is 0 Å². The smallest absolute Gasteiger partial charge is 0.514 e. The minimum absolute atomic E-state index is 0. The van der Waals surface area contributed by atoms with Crippen molar-refractivity contribution in [3.05, 3.63) is 29.3 Å². The van der Waals surface area contributed by atoms with Gasteiger partial charge in [-0.3, -0.25) is 0 Å². The lowest BCUT2D eigenvalue weighted by molar-refractivity contribution is -0.870. The summed E-state index contributed by atoms with van der Waals surface area (Å²) in [7, 11) is 6.17. The van der Waals surface area contributed by atoms with E-state index in [1.807, 2.05) is 18.2 Å². The molecule has 0 radical (unpaired) electrons. The number of hydrogen-bond donors (Lipinski definition) is 0.